The second-order valence-electron chi connectivity index (χ2n) is 8.34. The molecule has 8 atom stereocenters. The first kappa shape index (κ1) is 11.3. The third kappa shape index (κ3) is 0.984. The average molecular weight is 286 g/mol. The Morgan fingerprint density at radius 1 is 0.857 bits per heavy atom. The summed E-state index contributed by atoms with van der Waals surface area (Å²) in [6, 6.07) is 0. The second kappa shape index (κ2) is 2.92. The number of cyclic esters (lactones) is 2. The average Bonchev–Trinajstić information content (AvgIpc) is 3.02. The van der Waals surface area contributed by atoms with E-state index < -0.39 is 17.7 Å². The zero-order valence-corrected chi connectivity index (χ0v) is 12.2. The fourth-order valence-electron chi connectivity index (χ4n) is 7.54. The minimum atomic E-state index is -1.13. The van der Waals surface area contributed by atoms with Crippen LogP contribution in [0.3, 0.4) is 0 Å². The molecule has 0 unspecified atom stereocenters. The molecule has 0 aromatic heterocycles. The normalized spacial score (nSPS) is 56.9. The van der Waals surface area contributed by atoms with Gasteiger partial charge in [-0.2, -0.15) is 0 Å². The van der Waals surface area contributed by atoms with Crippen LogP contribution < -0.4 is 0 Å². The van der Waals surface area contributed by atoms with Gasteiger partial charge >= 0.3 is 11.9 Å². The van der Waals surface area contributed by atoms with Crippen molar-refractivity contribution in [2.24, 2.45) is 47.3 Å². The summed E-state index contributed by atoms with van der Waals surface area (Å²) in [5.41, 5.74) is 1.42. The van der Waals surface area contributed by atoms with Crippen LogP contribution in [0.5, 0.6) is 0 Å². The maximum atomic E-state index is 12.4. The van der Waals surface area contributed by atoms with E-state index >= 15 is 0 Å². The summed E-state index contributed by atoms with van der Waals surface area (Å²) in [6.07, 6.45) is 2.67. The summed E-state index contributed by atoms with van der Waals surface area (Å²) >= 11 is 0. The first-order valence-electron chi connectivity index (χ1n) is 8.19. The van der Waals surface area contributed by atoms with Crippen LogP contribution in [0.15, 0.2) is 11.1 Å². The maximum absolute atomic E-state index is 12.4. The summed E-state index contributed by atoms with van der Waals surface area (Å²) < 4.78 is 10.7. The molecule has 21 heavy (non-hydrogen) atoms. The van der Waals surface area contributed by atoms with Gasteiger partial charge in [-0.3, -0.25) is 0 Å². The van der Waals surface area contributed by atoms with Gasteiger partial charge in [-0.05, 0) is 65.8 Å². The smallest absolute Gasteiger partial charge is 0.348 e. The summed E-state index contributed by atoms with van der Waals surface area (Å²) in [5, 5.41) is 0. The lowest BCUT2D eigenvalue weighted by Gasteiger charge is -2.33. The van der Waals surface area contributed by atoms with Crippen molar-refractivity contribution in [1.29, 1.82) is 0 Å². The Kier molecular flexibility index (Phi) is 1.57. The van der Waals surface area contributed by atoms with Gasteiger partial charge < -0.3 is 9.47 Å². The highest BCUT2D eigenvalue weighted by Gasteiger charge is 2.79. The van der Waals surface area contributed by atoms with Crippen molar-refractivity contribution in [2.75, 3.05) is 0 Å². The van der Waals surface area contributed by atoms with Crippen molar-refractivity contribution in [3.63, 3.8) is 0 Å². The SMILES string of the molecule is CC1(C)OC(=O)C(=C2[C@@H]3[C@H]4C[C@@H]5[C@@H]6C[C@H]([C@@H]2[C@H]46)[C@@H]53)C(=O)O1. The van der Waals surface area contributed by atoms with Gasteiger partial charge in [-0.25, -0.2) is 9.59 Å². The third-order valence-electron chi connectivity index (χ3n) is 7.46. The highest BCUT2D eigenvalue weighted by Crippen LogP contribution is 2.84. The van der Waals surface area contributed by atoms with Gasteiger partial charge in [-0.1, -0.05) is 0 Å². The highest BCUT2D eigenvalue weighted by molar-refractivity contribution is 6.16. The minimum absolute atomic E-state index is 0.271. The molecule has 0 radical (unpaired) electrons. The van der Waals surface area contributed by atoms with E-state index in [1.807, 2.05) is 0 Å². The molecule has 6 aliphatic carbocycles. The van der Waals surface area contributed by atoms with Gasteiger partial charge in [0.15, 0.2) is 0 Å². The van der Waals surface area contributed by atoms with Gasteiger partial charge in [0.2, 0.25) is 0 Å². The van der Waals surface area contributed by atoms with Crippen LogP contribution in [-0.2, 0) is 19.1 Å². The van der Waals surface area contributed by atoms with E-state index in [1.54, 1.807) is 13.8 Å². The summed E-state index contributed by atoms with van der Waals surface area (Å²) in [5.74, 6) is 3.74. The van der Waals surface area contributed by atoms with E-state index in [2.05, 4.69) is 0 Å². The molecule has 0 N–H and O–H groups in total. The van der Waals surface area contributed by atoms with Crippen molar-refractivity contribution in [2.45, 2.75) is 32.5 Å². The molecule has 7 aliphatic rings. The number of esters is 2. The minimum Gasteiger partial charge on any atom is -0.419 e. The number of allylic oxidation sites excluding steroid dienone is 1. The fourth-order valence-corrected chi connectivity index (χ4v) is 7.54. The molecule has 4 heteroatoms. The molecule has 0 aromatic carbocycles. The van der Waals surface area contributed by atoms with E-state index in [0.29, 0.717) is 11.8 Å². The molecule has 110 valence electrons. The maximum Gasteiger partial charge on any atom is 0.348 e. The zero-order chi connectivity index (χ0) is 14.3. The van der Waals surface area contributed by atoms with Crippen LogP contribution in [-0.4, -0.2) is 17.7 Å². The molecule has 0 amide bonds. The van der Waals surface area contributed by atoms with Crippen LogP contribution in [0.4, 0.5) is 0 Å². The van der Waals surface area contributed by atoms with Gasteiger partial charge in [0, 0.05) is 13.8 Å². The molecule has 0 aromatic rings. The molecular formula is C17H18O4. The number of hydrogen-bond acceptors (Lipinski definition) is 4. The first-order chi connectivity index (χ1) is 9.98. The number of ether oxygens (including phenoxy) is 2. The Hall–Kier alpha value is -1.32. The Labute approximate surface area is 122 Å². The zero-order valence-electron chi connectivity index (χ0n) is 12.2. The quantitative estimate of drug-likeness (QED) is 0.388. The Morgan fingerprint density at radius 3 is 1.81 bits per heavy atom. The van der Waals surface area contributed by atoms with Crippen LogP contribution in [0.2, 0.25) is 0 Å². The first-order valence-corrected chi connectivity index (χ1v) is 8.19. The van der Waals surface area contributed by atoms with E-state index in [4.69, 9.17) is 9.47 Å². The molecule has 1 aliphatic heterocycles. The Morgan fingerprint density at radius 2 is 1.33 bits per heavy atom. The predicted molar refractivity (Wildman–Crippen MR) is 70.4 cm³/mol. The van der Waals surface area contributed by atoms with Crippen LogP contribution in [0, 0.1) is 47.3 Å². The van der Waals surface area contributed by atoms with E-state index in [1.165, 1.54) is 12.8 Å². The summed E-state index contributed by atoms with van der Waals surface area (Å²) in [6.45, 7) is 3.23. The topological polar surface area (TPSA) is 52.6 Å². The molecule has 1 heterocycles. The lowest BCUT2D eigenvalue weighted by Crippen LogP contribution is -2.42. The summed E-state index contributed by atoms with van der Waals surface area (Å²) in [4.78, 5) is 24.8. The Balaban J connectivity index is 1.54. The molecule has 7 fully saturated rings. The molecular weight excluding hydrogens is 268 g/mol. The van der Waals surface area contributed by atoms with Crippen molar-refractivity contribution in [1.82, 2.24) is 0 Å². The van der Waals surface area contributed by atoms with Crippen molar-refractivity contribution in [3.05, 3.63) is 11.1 Å². The summed E-state index contributed by atoms with van der Waals surface area (Å²) in [7, 11) is 0. The van der Waals surface area contributed by atoms with Crippen molar-refractivity contribution < 1.29 is 19.1 Å². The van der Waals surface area contributed by atoms with Crippen LogP contribution in [0.1, 0.15) is 26.7 Å². The van der Waals surface area contributed by atoms with Crippen molar-refractivity contribution in [3.8, 4) is 0 Å². The van der Waals surface area contributed by atoms with Crippen LogP contribution >= 0.6 is 0 Å². The highest BCUT2D eigenvalue weighted by atomic mass is 16.7. The number of carbonyl (C=O) groups is 2. The monoisotopic (exact) mass is 286 g/mol. The molecule has 6 bridgehead atoms. The molecule has 6 saturated carbocycles. The third-order valence-corrected chi connectivity index (χ3v) is 7.46. The lowest BCUT2D eigenvalue weighted by atomic mass is 9.71. The van der Waals surface area contributed by atoms with E-state index in [9.17, 15) is 9.59 Å². The largest absolute Gasteiger partial charge is 0.419 e. The van der Waals surface area contributed by atoms with Gasteiger partial charge in [0.25, 0.3) is 5.79 Å². The van der Waals surface area contributed by atoms with Gasteiger partial charge in [0.1, 0.15) is 5.57 Å². The second-order valence-corrected chi connectivity index (χ2v) is 8.34. The standard InChI is InChI=1S/C17H18O4/c1-17(2)20-15(18)14(16(19)21-17)13-11-7-3-5-6-4-8(9(5)11)12(13)10(6)7/h5-12H,3-4H2,1-2H3/t5-,6+,7-,8-,9-,10+,11+,12+/m0/s1. The number of carbonyl (C=O) groups excluding carboxylic acids is 2. The molecule has 0 spiro atoms. The molecule has 7 rings (SSSR count). The van der Waals surface area contributed by atoms with Gasteiger partial charge in [0.05, 0.1) is 0 Å². The van der Waals surface area contributed by atoms with E-state index in [0.717, 1.165) is 41.1 Å². The molecule has 1 saturated heterocycles. The van der Waals surface area contributed by atoms with Gasteiger partial charge in [-0.15, -0.1) is 0 Å². The van der Waals surface area contributed by atoms with Crippen LogP contribution in [0.25, 0.3) is 0 Å². The Bertz CT molecular complexity index is 608. The predicted octanol–water partition coefficient (Wildman–Crippen LogP) is 1.90. The number of hydrogen-bond donors (Lipinski definition) is 0. The molecule has 4 nitrogen and oxygen atoms in total. The number of rotatable bonds is 0. The van der Waals surface area contributed by atoms with Crippen molar-refractivity contribution >= 4 is 11.9 Å². The lowest BCUT2D eigenvalue weighted by molar-refractivity contribution is -0.222. The fraction of sp³-hybridized carbons (Fsp3) is 0.765. The van der Waals surface area contributed by atoms with E-state index in [-0.39, 0.29) is 5.57 Å².